The van der Waals surface area contributed by atoms with Gasteiger partial charge in [0.2, 0.25) is 0 Å². The predicted molar refractivity (Wildman–Crippen MR) is 93.8 cm³/mol. The Labute approximate surface area is 152 Å². The molecule has 0 bridgehead atoms. The van der Waals surface area contributed by atoms with Gasteiger partial charge in [0.1, 0.15) is 12.2 Å². The van der Waals surface area contributed by atoms with Crippen LogP contribution in [0, 0.1) is 11.8 Å². The van der Waals surface area contributed by atoms with Crippen molar-refractivity contribution in [2.45, 2.75) is 38.9 Å². The number of aliphatic hydroxyl groups is 2. The van der Waals surface area contributed by atoms with Gasteiger partial charge in [0, 0.05) is 17.9 Å². The maximum absolute atomic E-state index is 12.4. The summed E-state index contributed by atoms with van der Waals surface area (Å²) >= 11 is 0. The SMILES string of the molecule is C=C1C(=O)OC2C3C(C)=CCC3=C(C)CC(OC(=O)C(=CCO)CO)C12. The number of carbonyl (C=O) groups is 2. The maximum atomic E-state index is 12.4. The van der Waals surface area contributed by atoms with Gasteiger partial charge in [0.15, 0.2) is 0 Å². The zero-order valence-electron chi connectivity index (χ0n) is 15.0. The average molecular weight is 360 g/mol. The van der Waals surface area contributed by atoms with Gasteiger partial charge in [-0.1, -0.05) is 29.4 Å². The first-order valence-electron chi connectivity index (χ1n) is 8.75. The fourth-order valence-electron chi connectivity index (χ4n) is 4.23. The van der Waals surface area contributed by atoms with Crippen molar-refractivity contribution in [1.82, 2.24) is 0 Å². The minimum Gasteiger partial charge on any atom is -0.458 e. The van der Waals surface area contributed by atoms with Gasteiger partial charge in [-0.3, -0.25) is 0 Å². The Kier molecular flexibility index (Phi) is 5.16. The normalized spacial score (nSPS) is 31.2. The van der Waals surface area contributed by atoms with Gasteiger partial charge < -0.3 is 19.7 Å². The maximum Gasteiger partial charge on any atom is 0.336 e. The molecule has 0 amide bonds. The van der Waals surface area contributed by atoms with Crippen LogP contribution >= 0.6 is 0 Å². The predicted octanol–water partition coefficient (Wildman–Crippen LogP) is 1.59. The van der Waals surface area contributed by atoms with Crippen molar-refractivity contribution in [2.75, 3.05) is 13.2 Å². The summed E-state index contributed by atoms with van der Waals surface area (Å²) in [4.78, 5) is 24.6. The van der Waals surface area contributed by atoms with Crippen LogP contribution in [0.3, 0.4) is 0 Å². The molecule has 3 rings (SSSR count). The molecule has 4 unspecified atom stereocenters. The summed E-state index contributed by atoms with van der Waals surface area (Å²) in [5.74, 6) is -1.58. The van der Waals surface area contributed by atoms with Crippen molar-refractivity contribution in [3.05, 3.63) is 46.6 Å². The fourth-order valence-corrected chi connectivity index (χ4v) is 4.23. The molecule has 4 atom stereocenters. The van der Waals surface area contributed by atoms with Crippen molar-refractivity contribution in [3.63, 3.8) is 0 Å². The second-order valence-corrected chi connectivity index (χ2v) is 7.07. The molecule has 0 radical (unpaired) electrons. The van der Waals surface area contributed by atoms with E-state index in [4.69, 9.17) is 14.6 Å². The molecule has 1 fully saturated rings. The Morgan fingerprint density at radius 1 is 1.42 bits per heavy atom. The van der Waals surface area contributed by atoms with E-state index < -0.39 is 36.7 Å². The summed E-state index contributed by atoms with van der Waals surface area (Å²) in [7, 11) is 0. The van der Waals surface area contributed by atoms with Crippen LogP contribution in [0.1, 0.15) is 26.7 Å². The first-order chi connectivity index (χ1) is 12.4. The van der Waals surface area contributed by atoms with Crippen molar-refractivity contribution < 1.29 is 29.3 Å². The van der Waals surface area contributed by atoms with Crippen LogP contribution in [0.4, 0.5) is 0 Å². The van der Waals surface area contributed by atoms with E-state index in [0.717, 1.165) is 17.6 Å². The molecule has 0 aromatic rings. The summed E-state index contributed by atoms with van der Waals surface area (Å²) in [6, 6.07) is 0. The molecule has 0 aromatic heterocycles. The Hall–Kier alpha value is -2.18. The zero-order valence-corrected chi connectivity index (χ0v) is 15.0. The molecular formula is C20H24O6. The average Bonchev–Trinajstić information content (AvgIpc) is 3.08. The number of carbonyl (C=O) groups excluding carboxylic acids is 2. The van der Waals surface area contributed by atoms with Gasteiger partial charge in [0.05, 0.1) is 24.7 Å². The molecule has 2 N–H and O–H groups in total. The molecule has 1 saturated heterocycles. The number of aliphatic hydroxyl groups excluding tert-OH is 2. The standard InChI is InChI=1S/C20H24O6/c1-10-4-5-14-11(2)8-15(25-20(24)13(9-22)6-7-21)17-12(3)19(23)26-18(17)16(10)14/h4,6,15-18,21-22H,3,5,7-9H2,1-2H3. The summed E-state index contributed by atoms with van der Waals surface area (Å²) in [5.41, 5.74) is 3.80. The van der Waals surface area contributed by atoms with E-state index in [2.05, 4.69) is 12.7 Å². The minimum atomic E-state index is -0.699. The summed E-state index contributed by atoms with van der Waals surface area (Å²) in [5, 5.41) is 18.3. The summed E-state index contributed by atoms with van der Waals surface area (Å²) in [6.07, 6.45) is 3.62. The minimum absolute atomic E-state index is 0.00259. The van der Waals surface area contributed by atoms with Crippen LogP contribution in [0.5, 0.6) is 0 Å². The van der Waals surface area contributed by atoms with E-state index >= 15 is 0 Å². The third kappa shape index (κ3) is 3.04. The largest absolute Gasteiger partial charge is 0.458 e. The van der Waals surface area contributed by atoms with Crippen LogP contribution in [0.15, 0.2) is 46.6 Å². The van der Waals surface area contributed by atoms with Gasteiger partial charge in [0.25, 0.3) is 0 Å². The number of allylic oxidation sites excluding steroid dienone is 1. The fraction of sp³-hybridized carbons (Fsp3) is 0.500. The molecule has 26 heavy (non-hydrogen) atoms. The Morgan fingerprint density at radius 3 is 2.81 bits per heavy atom. The molecule has 3 aliphatic rings. The van der Waals surface area contributed by atoms with Crippen LogP contribution in [-0.2, 0) is 19.1 Å². The van der Waals surface area contributed by atoms with E-state index in [-0.39, 0.29) is 18.1 Å². The summed E-state index contributed by atoms with van der Waals surface area (Å²) < 4.78 is 11.3. The molecule has 6 nitrogen and oxygen atoms in total. The number of esters is 2. The third-order valence-electron chi connectivity index (χ3n) is 5.58. The highest BCUT2D eigenvalue weighted by Crippen LogP contribution is 2.49. The molecule has 1 aliphatic heterocycles. The van der Waals surface area contributed by atoms with E-state index in [9.17, 15) is 14.7 Å². The van der Waals surface area contributed by atoms with Gasteiger partial charge in [-0.05, 0) is 26.3 Å². The second kappa shape index (κ2) is 7.21. The first kappa shape index (κ1) is 18.6. The number of fused-ring (bicyclic) bond motifs is 3. The zero-order chi connectivity index (χ0) is 19.0. The summed E-state index contributed by atoms with van der Waals surface area (Å²) in [6.45, 7) is 7.02. The topological polar surface area (TPSA) is 93.1 Å². The molecule has 0 spiro atoms. The van der Waals surface area contributed by atoms with E-state index in [1.165, 1.54) is 11.6 Å². The quantitative estimate of drug-likeness (QED) is 0.449. The second-order valence-electron chi connectivity index (χ2n) is 7.07. The Balaban J connectivity index is 1.95. The smallest absolute Gasteiger partial charge is 0.336 e. The highest BCUT2D eigenvalue weighted by atomic mass is 16.6. The van der Waals surface area contributed by atoms with Crippen LogP contribution in [0.25, 0.3) is 0 Å². The van der Waals surface area contributed by atoms with Crippen molar-refractivity contribution in [3.8, 4) is 0 Å². The van der Waals surface area contributed by atoms with Gasteiger partial charge in [-0.15, -0.1) is 0 Å². The van der Waals surface area contributed by atoms with Crippen molar-refractivity contribution in [2.24, 2.45) is 11.8 Å². The van der Waals surface area contributed by atoms with E-state index in [0.29, 0.717) is 12.0 Å². The lowest BCUT2D eigenvalue weighted by atomic mass is 9.82. The van der Waals surface area contributed by atoms with Gasteiger partial charge >= 0.3 is 11.9 Å². The Bertz CT molecular complexity index is 741. The van der Waals surface area contributed by atoms with Crippen LogP contribution in [-0.4, -0.2) is 47.6 Å². The van der Waals surface area contributed by atoms with Gasteiger partial charge in [-0.2, -0.15) is 0 Å². The van der Waals surface area contributed by atoms with Crippen LogP contribution in [0.2, 0.25) is 0 Å². The molecular weight excluding hydrogens is 336 g/mol. The highest BCUT2D eigenvalue weighted by Gasteiger charge is 2.52. The molecule has 140 valence electrons. The van der Waals surface area contributed by atoms with E-state index in [1.54, 1.807) is 0 Å². The van der Waals surface area contributed by atoms with Crippen molar-refractivity contribution in [1.29, 1.82) is 0 Å². The molecule has 0 saturated carbocycles. The molecule has 2 aliphatic carbocycles. The Morgan fingerprint density at radius 2 is 2.15 bits per heavy atom. The lowest BCUT2D eigenvalue weighted by Gasteiger charge is -2.28. The lowest BCUT2D eigenvalue weighted by molar-refractivity contribution is -0.148. The highest BCUT2D eigenvalue weighted by molar-refractivity contribution is 5.92. The molecule has 0 aromatic carbocycles. The number of rotatable bonds is 4. The molecule has 6 heteroatoms. The lowest BCUT2D eigenvalue weighted by Crippen LogP contribution is -2.36. The molecule has 1 heterocycles. The third-order valence-corrected chi connectivity index (χ3v) is 5.58. The number of ether oxygens (including phenoxy) is 2. The number of hydrogen-bond acceptors (Lipinski definition) is 6. The number of hydrogen-bond donors (Lipinski definition) is 2. The van der Waals surface area contributed by atoms with Crippen LogP contribution < -0.4 is 0 Å². The first-order valence-corrected chi connectivity index (χ1v) is 8.75. The monoisotopic (exact) mass is 360 g/mol. The van der Waals surface area contributed by atoms with Crippen molar-refractivity contribution >= 4 is 11.9 Å². The van der Waals surface area contributed by atoms with Gasteiger partial charge in [-0.25, -0.2) is 9.59 Å². The van der Waals surface area contributed by atoms with E-state index in [1.807, 2.05) is 13.8 Å².